The molecule has 3 rings (SSSR count). The highest BCUT2D eigenvalue weighted by Gasteiger charge is 2.16. The fourth-order valence-corrected chi connectivity index (χ4v) is 6.13. The molecule has 4 N–H and O–H groups in total. The van der Waals surface area contributed by atoms with Crippen molar-refractivity contribution in [2.75, 3.05) is 21.6 Å². The molecule has 0 fully saturated rings. The van der Waals surface area contributed by atoms with Gasteiger partial charge < -0.3 is 14.6 Å². The molecule has 5 nitrogen and oxygen atoms in total. The van der Waals surface area contributed by atoms with Crippen LogP contribution in [0.25, 0.3) is 0 Å². The van der Waals surface area contributed by atoms with Crippen LogP contribution in [0.1, 0.15) is 5.56 Å². The number of para-hydroxylation sites is 1. The van der Waals surface area contributed by atoms with Gasteiger partial charge in [-0.25, -0.2) is 0 Å². The normalized spacial score (nSPS) is 14.5. The van der Waals surface area contributed by atoms with Crippen LogP contribution in [0.15, 0.2) is 51.5 Å². The standard InChI is InChI=1S/C15H16IN5S/c1-9-7-12(11(18)8-10(9)17)19-20-15-16-21(2)13-5-3-4-6-14(13)22-15/h3-8H,17-18H2,1-2H3. The molecule has 1 aliphatic rings. The largest absolute Gasteiger partial charge is 0.398 e. The van der Waals surface area contributed by atoms with Crippen molar-refractivity contribution in [2.45, 2.75) is 11.8 Å². The number of nitrogens with zero attached hydrogens (tertiary/aromatic N) is 3. The predicted molar refractivity (Wildman–Crippen MR) is 104 cm³/mol. The molecule has 2 aromatic carbocycles. The number of aryl methyl sites for hydroxylation is 1. The average molecular weight is 425 g/mol. The lowest BCUT2D eigenvalue weighted by Gasteiger charge is -2.21. The smallest absolute Gasteiger partial charge is 0.172 e. The first kappa shape index (κ1) is 15.3. The third-order valence-electron chi connectivity index (χ3n) is 3.24. The Bertz CT molecular complexity index is 787. The Hall–Kier alpha value is -1.61. The van der Waals surface area contributed by atoms with Crippen molar-refractivity contribution in [3.05, 3.63) is 42.0 Å². The predicted octanol–water partition coefficient (Wildman–Crippen LogP) is 4.46. The van der Waals surface area contributed by atoms with Crippen LogP contribution >= 0.6 is 32.8 Å². The fraction of sp³-hybridized carbons (Fsp3) is 0.133. The highest BCUT2D eigenvalue weighted by molar-refractivity contribution is 14.2. The number of rotatable bonds is 2. The minimum atomic E-state index is -0.338. The van der Waals surface area contributed by atoms with Crippen molar-refractivity contribution in [3.63, 3.8) is 0 Å². The molecular formula is C15H16IN5S. The van der Waals surface area contributed by atoms with E-state index in [0.717, 1.165) is 8.53 Å². The summed E-state index contributed by atoms with van der Waals surface area (Å²) < 4.78 is 3.32. The second-order valence-corrected chi connectivity index (χ2v) is 9.57. The molecule has 0 aromatic heterocycles. The summed E-state index contributed by atoms with van der Waals surface area (Å²) in [5.74, 6) is 0. The topological polar surface area (TPSA) is 80.0 Å². The van der Waals surface area contributed by atoms with E-state index < -0.39 is 0 Å². The first-order valence-electron chi connectivity index (χ1n) is 6.64. The maximum Gasteiger partial charge on any atom is 0.172 e. The van der Waals surface area contributed by atoms with Gasteiger partial charge in [0.15, 0.2) is 2.96 Å². The minimum absolute atomic E-state index is 0.338. The summed E-state index contributed by atoms with van der Waals surface area (Å²) in [6, 6.07) is 12.0. The number of hydrogen-bond donors (Lipinski definition) is 2. The van der Waals surface area contributed by atoms with Gasteiger partial charge in [-0.15, -0.1) is 10.2 Å². The Balaban J connectivity index is 1.87. The highest BCUT2D eigenvalue weighted by Crippen LogP contribution is 2.41. The molecule has 1 heterocycles. The third kappa shape index (κ3) is 3.09. The number of nitrogens with two attached hydrogens (primary N) is 2. The van der Waals surface area contributed by atoms with Crippen molar-refractivity contribution < 1.29 is 0 Å². The van der Waals surface area contributed by atoms with Gasteiger partial charge in [-0.3, -0.25) is 0 Å². The molecule has 1 aliphatic heterocycles. The molecule has 2 aromatic rings. The summed E-state index contributed by atoms with van der Waals surface area (Å²) in [4.78, 5) is 1.21. The minimum Gasteiger partial charge on any atom is -0.398 e. The number of anilines is 3. The first-order valence-corrected chi connectivity index (χ1v) is 9.50. The maximum atomic E-state index is 5.96. The van der Waals surface area contributed by atoms with Crippen LogP contribution in [0, 0.1) is 6.92 Å². The van der Waals surface area contributed by atoms with Crippen molar-refractivity contribution in [1.29, 1.82) is 0 Å². The van der Waals surface area contributed by atoms with E-state index in [9.17, 15) is 0 Å². The molecule has 0 aliphatic carbocycles. The van der Waals surface area contributed by atoms with E-state index in [1.165, 1.54) is 10.6 Å². The molecule has 0 spiro atoms. The zero-order valence-electron chi connectivity index (χ0n) is 12.2. The Kier molecular flexibility index (Phi) is 4.34. The van der Waals surface area contributed by atoms with E-state index >= 15 is 0 Å². The molecule has 114 valence electrons. The van der Waals surface area contributed by atoms with Crippen LogP contribution in [0.5, 0.6) is 0 Å². The zero-order valence-corrected chi connectivity index (χ0v) is 15.2. The van der Waals surface area contributed by atoms with Gasteiger partial charge in [0.05, 0.1) is 11.4 Å². The molecule has 0 atom stereocenters. The van der Waals surface area contributed by atoms with Crippen LogP contribution < -0.4 is 14.6 Å². The molecule has 0 bridgehead atoms. The van der Waals surface area contributed by atoms with Crippen LogP contribution in [0.4, 0.5) is 22.7 Å². The number of hydrogen-bond acceptors (Lipinski definition) is 6. The fourth-order valence-electron chi connectivity index (χ4n) is 2.00. The van der Waals surface area contributed by atoms with Gasteiger partial charge in [0, 0.05) is 38.6 Å². The Morgan fingerprint density at radius 3 is 2.68 bits per heavy atom. The SMILES string of the molecule is Cc1cc(N=NC2=IN(C)c3ccccc3S2)c(N)cc1N. The van der Waals surface area contributed by atoms with Crippen molar-refractivity contribution in [1.82, 2.24) is 0 Å². The maximum absolute atomic E-state index is 5.96. The van der Waals surface area contributed by atoms with Crippen LogP contribution in [-0.2, 0) is 0 Å². The van der Waals surface area contributed by atoms with E-state index in [-0.39, 0.29) is 21.0 Å². The molecule has 0 unspecified atom stereocenters. The van der Waals surface area contributed by atoms with Crippen molar-refractivity contribution >= 4 is 58.5 Å². The summed E-state index contributed by atoms with van der Waals surface area (Å²) in [6.45, 7) is 1.94. The Labute approximate surface area is 143 Å². The second-order valence-electron chi connectivity index (χ2n) is 4.85. The summed E-state index contributed by atoms with van der Waals surface area (Å²) >= 11 is 1.35. The summed E-state index contributed by atoms with van der Waals surface area (Å²) in [5.41, 5.74) is 15.9. The second kappa shape index (κ2) is 6.25. The Morgan fingerprint density at radius 2 is 1.86 bits per heavy atom. The van der Waals surface area contributed by atoms with E-state index in [0.29, 0.717) is 17.1 Å². The molecule has 7 heteroatoms. The summed E-state index contributed by atoms with van der Waals surface area (Å²) in [5, 5.41) is 8.75. The molecule has 0 radical (unpaired) electrons. The number of nitrogen functional groups attached to an aromatic ring is 2. The average Bonchev–Trinajstić information content (AvgIpc) is 2.50. The van der Waals surface area contributed by atoms with Crippen LogP contribution in [-0.4, -0.2) is 10.0 Å². The van der Waals surface area contributed by atoms with Gasteiger partial charge >= 0.3 is 0 Å². The van der Waals surface area contributed by atoms with Gasteiger partial charge in [-0.1, -0.05) is 23.9 Å². The monoisotopic (exact) mass is 425 g/mol. The lowest BCUT2D eigenvalue weighted by molar-refractivity contribution is 1.29. The number of fused-ring (bicyclic) bond motifs is 1. The van der Waals surface area contributed by atoms with E-state index in [4.69, 9.17) is 11.5 Å². The molecule has 0 saturated heterocycles. The summed E-state index contributed by atoms with van der Waals surface area (Å²) in [6.07, 6.45) is 0. The lowest BCUT2D eigenvalue weighted by atomic mass is 10.1. The summed E-state index contributed by atoms with van der Waals surface area (Å²) in [7, 11) is 2.10. The molecular weight excluding hydrogens is 409 g/mol. The van der Waals surface area contributed by atoms with Gasteiger partial charge in [0.25, 0.3) is 0 Å². The number of thioether (sulfide) groups is 1. The quantitative estimate of drug-likeness (QED) is 0.322. The lowest BCUT2D eigenvalue weighted by Crippen LogP contribution is -2.08. The Morgan fingerprint density at radius 1 is 1.09 bits per heavy atom. The first-order chi connectivity index (χ1) is 10.5. The molecule has 0 saturated carbocycles. The highest BCUT2D eigenvalue weighted by atomic mass is 127. The van der Waals surface area contributed by atoms with Crippen LogP contribution in [0.3, 0.4) is 0 Å². The van der Waals surface area contributed by atoms with Gasteiger partial charge in [0.1, 0.15) is 5.69 Å². The van der Waals surface area contributed by atoms with Crippen molar-refractivity contribution in [2.24, 2.45) is 10.2 Å². The molecule has 0 amide bonds. The number of azo groups is 1. The number of benzene rings is 2. The van der Waals surface area contributed by atoms with Crippen molar-refractivity contribution in [3.8, 4) is 0 Å². The molecule has 22 heavy (non-hydrogen) atoms. The third-order valence-corrected chi connectivity index (χ3v) is 7.05. The van der Waals surface area contributed by atoms with E-state index in [2.05, 4.69) is 38.6 Å². The van der Waals surface area contributed by atoms with E-state index in [1.807, 2.05) is 19.1 Å². The van der Waals surface area contributed by atoms with Gasteiger partial charge in [0.2, 0.25) is 0 Å². The van der Waals surface area contributed by atoms with Crippen LogP contribution in [0.2, 0.25) is 0 Å². The van der Waals surface area contributed by atoms with E-state index in [1.54, 1.807) is 17.8 Å². The number of halogens is 1. The van der Waals surface area contributed by atoms with Gasteiger partial charge in [-0.05, 0) is 36.8 Å². The zero-order chi connectivity index (χ0) is 15.7. The van der Waals surface area contributed by atoms with Gasteiger partial charge in [-0.2, -0.15) is 0 Å².